The minimum absolute atomic E-state index is 0.0746. The van der Waals surface area contributed by atoms with Crippen molar-refractivity contribution in [3.63, 3.8) is 0 Å². The Hall–Kier alpha value is -1.35. The molecule has 1 aliphatic heterocycles. The Bertz CT molecular complexity index is 380. The standard InChI is InChI=1S/C14H20N2O/c1-14(2,16-10-6-7-11-16)13(17)15-12-8-4-3-5-9-12/h3-5,8-9H,6-7,10-11H2,1-2H3,(H,15,17). The van der Waals surface area contributed by atoms with Crippen LogP contribution in [0.4, 0.5) is 5.69 Å². The van der Waals surface area contributed by atoms with Crippen molar-refractivity contribution in [2.45, 2.75) is 32.2 Å². The van der Waals surface area contributed by atoms with E-state index in [4.69, 9.17) is 0 Å². The number of carbonyl (C=O) groups is 1. The number of nitrogens with zero attached hydrogens (tertiary/aromatic N) is 1. The first-order valence-electron chi connectivity index (χ1n) is 6.22. The zero-order chi connectivity index (χ0) is 12.3. The molecule has 1 saturated heterocycles. The number of hydrogen-bond acceptors (Lipinski definition) is 2. The second kappa shape index (κ2) is 4.88. The molecule has 0 aromatic heterocycles. The van der Waals surface area contributed by atoms with Crippen molar-refractivity contribution in [2.75, 3.05) is 18.4 Å². The number of rotatable bonds is 3. The Balaban J connectivity index is 2.04. The molecule has 1 N–H and O–H groups in total. The van der Waals surface area contributed by atoms with Crippen LogP contribution >= 0.6 is 0 Å². The summed E-state index contributed by atoms with van der Waals surface area (Å²) in [6, 6.07) is 9.63. The number of benzene rings is 1. The maximum Gasteiger partial charge on any atom is 0.244 e. The predicted octanol–water partition coefficient (Wildman–Crippen LogP) is 2.50. The van der Waals surface area contributed by atoms with Gasteiger partial charge in [0.25, 0.3) is 0 Å². The number of carbonyl (C=O) groups excluding carboxylic acids is 1. The molecule has 1 amide bonds. The fourth-order valence-corrected chi connectivity index (χ4v) is 2.23. The number of nitrogens with one attached hydrogen (secondary N) is 1. The summed E-state index contributed by atoms with van der Waals surface area (Å²) in [6.07, 6.45) is 2.39. The average molecular weight is 232 g/mol. The first kappa shape index (κ1) is 12.1. The third-order valence-corrected chi connectivity index (χ3v) is 3.48. The summed E-state index contributed by atoms with van der Waals surface area (Å²) in [5, 5.41) is 2.98. The highest BCUT2D eigenvalue weighted by Crippen LogP contribution is 2.22. The van der Waals surface area contributed by atoms with Crippen molar-refractivity contribution >= 4 is 11.6 Å². The topological polar surface area (TPSA) is 32.3 Å². The molecule has 0 spiro atoms. The Morgan fingerprint density at radius 2 is 1.76 bits per heavy atom. The van der Waals surface area contributed by atoms with E-state index < -0.39 is 5.54 Å². The van der Waals surface area contributed by atoms with Gasteiger partial charge in [-0.25, -0.2) is 0 Å². The molecule has 17 heavy (non-hydrogen) atoms. The zero-order valence-electron chi connectivity index (χ0n) is 10.6. The molecule has 1 aromatic rings. The Morgan fingerprint density at radius 1 is 1.18 bits per heavy atom. The first-order valence-corrected chi connectivity index (χ1v) is 6.22. The molecule has 0 unspecified atom stereocenters. The molecule has 0 aliphatic carbocycles. The Labute approximate surface area is 103 Å². The van der Waals surface area contributed by atoms with Crippen molar-refractivity contribution in [2.24, 2.45) is 0 Å². The van der Waals surface area contributed by atoms with Gasteiger partial charge in [-0.2, -0.15) is 0 Å². The van der Waals surface area contributed by atoms with E-state index in [9.17, 15) is 4.79 Å². The number of likely N-dealkylation sites (tertiary alicyclic amines) is 1. The van der Waals surface area contributed by atoms with Crippen molar-refractivity contribution < 1.29 is 4.79 Å². The van der Waals surface area contributed by atoms with E-state index in [2.05, 4.69) is 10.2 Å². The summed E-state index contributed by atoms with van der Waals surface area (Å²) in [5.41, 5.74) is 0.441. The molecule has 0 radical (unpaired) electrons. The molecule has 3 heteroatoms. The van der Waals surface area contributed by atoms with E-state index >= 15 is 0 Å². The molecule has 2 rings (SSSR count). The number of amides is 1. The average Bonchev–Trinajstić information content (AvgIpc) is 2.84. The molecule has 1 aliphatic rings. The van der Waals surface area contributed by atoms with Crippen LogP contribution in [0.15, 0.2) is 30.3 Å². The highest BCUT2D eigenvalue weighted by molar-refractivity contribution is 5.97. The van der Waals surface area contributed by atoms with Gasteiger partial charge in [0.15, 0.2) is 0 Å². The van der Waals surface area contributed by atoms with Gasteiger partial charge in [0.05, 0.1) is 5.54 Å². The Kier molecular flexibility index (Phi) is 3.48. The van der Waals surface area contributed by atoms with Crippen LogP contribution in [0.1, 0.15) is 26.7 Å². The van der Waals surface area contributed by atoms with Gasteiger partial charge >= 0.3 is 0 Å². The summed E-state index contributed by atoms with van der Waals surface area (Å²) in [6.45, 7) is 6.04. The van der Waals surface area contributed by atoms with Gasteiger partial charge in [0.2, 0.25) is 5.91 Å². The van der Waals surface area contributed by atoms with Gasteiger partial charge in [-0.1, -0.05) is 18.2 Å². The maximum atomic E-state index is 12.3. The van der Waals surface area contributed by atoms with Gasteiger partial charge in [-0.05, 0) is 51.9 Å². The second-order valence-electron chi connectivity index (χ2n) is 5.07. The normalized spacial score (nSPS) is 17.1. The van der Waals surface area contributed by atoms with Crippen LogP contribution in [0.5, 0.6) is 0 Å². The monoisotopic (exact) mass is 232 g/mol. The number of hydrogen-bond donors (Lipinski definition) is 1. The van der Waals surface area contributed by atoms with E-state index in [1.807, 2.05) is 44.2 Å². The third-order valence-electron chi connectivity index (χ3n) is 3.48. The van der Waals surface area contributed by atoms with E-state index in [-0.39, 0.29) is 5.91 Å². The van der Waals surface area contributed by atoms with Gasteiger partial charge in [-0.15, -0.1) is 0 Å². The molecule has 1 aromatic carbocycles. The second-order valence-corrected chi connectivity index (χ2v) is 5.07. The number of para-hydroxylation sites is 1. The molecular weight excluding hydrogens is 212 g/mol. The molecule has 3 nitrogen and oxygen atoms in total. The quantitative estimate of drug-likeness (QED) is 0.868. The maximum absolute atomic E-state index is 12.3. The smallest absolute Gasteiger partial charge is 0.244 e. The van der Waals surface area contributed by atoms with Crippen LogP contribution < -0.4 is 5.32 Å². The van der Waals surface area contributed by atoms with Crippen molar-refractivity contribution in [1.29, 1.82) is 0 Å². The fourth-order valence-electron chi connectivity index (χ4n) is 2.23. The van der Waals surface area contributed by atoms with Crippen molar-refractivity contribution in [3.05, 3.63) is 30.3 Å². The van der Waals surface area contributed by atoms with Crippen molar-refractivity contribution in [3.8, 4) is 0 Å². The minimum Gasteiger partial charge on any atom is -0.324 e. The lowest BCUT2D eigenvalue weighted by molar-refractivity contribution is -0.125. The summed E-state index contributed by atoms with van der Waals surface area (Å²) >= 11 is 0. The predicted molar refractivity (Wildman–Crippen MR) is 70.0 cm³/mol. The molecule has 1 heterocycles. The van der Waals surface area contributed by atoms with Crippen LogP contribution in [0.25, 0.3) is 0 Å². The van der Waals surface area contributed by atoms with E-state index in [1.54, 1.807) is 0 Å². The number of anilines is 1. The highest BCUT2D eigenvalue weighted by Gasteiger charge is 2.35. The molecule has 92 valence electrons. The molecule has 0 saturated carbocycles. The first-order chi connectivity index (χ1) is 8.10. The van der Waals surface area contributed by atoms with E-state index in [0.717, 1.165) is 18.8 Å². The van der Waals surface area contributed by atoms with Gasteiger partial charge in [0, 0.05) is 5.69 Å². The third kappa shape index (κ3) is 2.67. The lowest BCUT2D eigenvalue weighted by atomic mass is 10.0. The van der Waals surface area contributed by atoms with Gasteiger partial charge in [-0.3, -0.25) is 9.69 Å². The van der Waals surface area contributed by atoms with Crippen LogP contribution in [0, 0.1) is 0 Å². The van der Waals surface area contributed by atoms with E-state index in [1.165, 1.54) is 12.8 Å². The Morgan fingerprint density at radius 3 is 2.35 bits per heavy atom. The summed E-state index contributed by atoms with van der Waals surface area (Å²) in [5.74, 6) is 0.0746. The summed E-state index contributed by atoms with van der Waals surface area (Å²) in [7, 11) is 0. The zero-order valence-corrected chi connectivity index (χ0v) is 10.6. The molecular formula is C14H20N2O. The summed E-state index contributed by atoms with van der Waals surface area (Å²) in [4.78, 5) is 14.5. The van der Waals surface area contributed by atoms with Crippen LogP contribution in [0.3, 0.4) is 0 Å². The molecule has 0 atom stereocenters. The van der Waals surface area contributed by atoms with Crippen molar-refractivity contribution in [1.82, 2.24) is 4.90 Å². The van der Waals surface area contributed by atoms with Gasteiger partial charge in [0.1, 0.15) is 0 Å². The SMILES string of the molecule is CC(C)(C(=O)Nc1ccccc1)N1CCCC1. The van der Waals surface area contributed by atoms with Crippen LogP contribution in [-0.2, 0) is 4.79 Å². The van der Waals surface area contributed by atoms with Crippen LogP contribution in [0.2, 0.25) is 0 Å². The lowest BCUT2D eigenvalue weighted by Gasteiger charge is -2.33. The lowest BCUT2D eigenvalue weighted by Crippen LogP contribution is -2.51. The molecule has 0 bridgehead atoms. The van der Waals surface area contributed by atoms with Gasteiger partial charge < -0.3 is 5.32 Å². The molecule has 1 fully saturated rings. The fraction of sp³-hybridized carbons (Fsp3) is 0.500. The summed E-state index contributed by atoms with van der Waals surface area (Å²) < 4.78 is 0. The highest BCUT2D eigenvalue weighted by atomic mass is 16.2. The van der Waals surface area contributed by atoms with E-state index in [0.29, 0.717) is 0 Å². The largest absolute Gasteiger partial charge is 0.324 e. The minimum atomic E-state index is -0.424. The van der Waals surface area contributed by atoms with Crippen LogP contribution in [-0.4, -0.2) is 29.4 Å².